The van der Waals surface area contributed by atoms with Crippen LogP contribution in [-0.2, 0) is 14.0 Å². The van der Waals surface area contributed by atoms with Crippen LogP contribution in [0.5, 0.6) is 0 Å². The average molecular weight is 319 g/mol. The molecule has 0 aromatic rings. The number of morpholine rings is 1. The van der Waals surface area contributed by atoms with Crippen LogP contribution in [0, 0.1) is 0 Å². The van der Waals surface area contributed by atoms with Gasteiger partial charge in [0.15, 0.2) is 0 Å². The summed E-state index contributed by atoms with van der Waals surface area (Å²) in [5, 5.41) is 0. The molecule has 3 rings (SSSR count). The maximum atomic E-state index is 6.14. The summed E-state index contributed by atoms with van der Waals surface area (Å²) in [5.74, 6) is 0. The SMILES string of the molecule is C[C@@H]1CN(C2C=CC(B3OC(C)(C)C(C)(C)O3)=CC2)C[C@H](C)O1. The Kier molecular flexibility index (Phi) is 4.51. The van der Waals surface area contributed by atoms with E-state index in [2.05, 4.69) is 64.7 Å². The smallest absolute Gasteiger partial charge is 0.399 e. The van der Waals surface area contributed by atoms with E-state index in [1.54, 1.807) is 0 Å². The van der Waals surface area contributed by atoms with E-state index in [-0.39, 0.29) is 18.3 Å². The molecule has 0 aromatic heterocycles. The van der Waals surface area contributed by atoms with Crippen LogP contribution in [0.15, 0.2) is 23.7 Å². The highest BCUT2D eigenvalue weighted by molar-refractivity contribution is 6.55. The lowest BCUT2D eigenvalue weighted by atomic mass is 9.75. The number of nitrogens with zero attached hydrogens (tertiary/aromatic N) is 1. The average Bonchev–Trinajstić information content (AvgIpc) is 2.66. The molecule has 0 N–H and O–H groups in total. The maximum absolute atomic E-state index is 6.14. The van der Waals surface area contributed by atoms with Crippen molar-refractivity contribution in [3.8, 4) is 0 Å². The summed E-state index contributed by atoms with van der Waals surface area (Å²) in [6.45, 7) is 14.7. The van der Waals surface area contributed by atoms with Crippen LogP contribution in [0.4, 0.5) is 0 Å². The fraction of sp³-hybridized carbons (Fsp3) is 0.778. The summed E-state index contributed by atoms with van der Waals surface area (Å²) >= 11 is 0. The van der Waals surface area contributed by atoms with Crippen molar-refractivity contribution in [3.63, 3.8) is 0 Å². The van der Waals surface area contributed by atoms with Crippen molar-refractivity contribution in [3.05, 3.63) is 23.7 Å². The lowest BCUT2D eigenvalue weighted by Crippen LogP contribution is -2.49. The lowest BCUT2D eigenvalue weighted by Gasteiger charge is -2.39. The predicted molar refractivity (Wildman–Crippen MR) is 93.3 cm³/mol. The quantitative estimate of drug-likeness (QED) is 0.732. The lowest BCUT2D eigenvalue weighted by molar-refractivity contribution is -0.0751. The van der Waals surface area contributed by atoms with Gasteiger partial charge in [0, 0.05) is 19.1 Å². The minimum absolute atomic E-state index is 0.250. The number of ether oxygens (including phenoxy) is 1. The van der Waals surface area contributed by atoms with Gasteiger partial charge in [-0.15, -0.1) is 0 Å². The first kappa shape index (κ1) is 17.2. The van der Waals surface area contributed by atoms with Crippen LogP contribution in [0.3, 0.4) is 0 Å². The van der Waals surface area contributed by atoms with E-state index in [0.717, 1.165) is 25.0 Å². The second-order valence-corrected chi connectivity index (χ2v) is 8.17. The molecule has 2 heterocycles. The highest BCUT2D eigenvalue weighted by Crippen LogP contribution is 2.39. The summed E-state index contributed by atoms with van der Waals surface area (Å²) in [5.41, 5.74) is 0.588. The summed E-state index contributed by atoms with van der Waals surface area (Å²) in [6, 6.07) is 0.454. The van der Waals surface area contributed by atoms with E-state index in [1.165, 1.54) is 0 Å². The van der Waals surface area contributed by atoms with Gasteiger partial charge in [-0.2, -0.15) is 0 Å². The van der Waals surface area contributed by atoms with Gasteiger partial charge >= 0.3 is 7.12 Å². The van der Waals surface area contributed by atoms with Crippen LogP contribution < -0.4 is 0 Å². The zero-order valence-electron chi connectivity index (χ0n) is 15.3. The largest absolute Gasteiger partial charge is 0.494 e. The summed E-state index contributed by atoms with van der Waals surface area (Å²) in [6.07, 6.45) is 8.38. The predicted octanol–water partition coefficient (Wildman–Crippen LogP) is 2.98. The molecule has 3 aliphatic rings. The highest BCUT2D eigenvalue weighted by Gasteiger charge is 2.52. The molecule has 1 aliphatic carbocycles. The second kappa shape index (κ2) is 6.03. The first-order valence-corrected chi connectivity index (χ1v) is 8.81. The molecule has 2 aliphatic heterocycles. The summed E-state index contributed by atoms with van der Waals surface area (Å²) < 4.78 is 18.1. The van der Waals surface area contributed by atoms with Crippen molar-refractivity contribution in [1.82, 2.24) is 4.90 Å². The standard InChI is InChI=1S/C18H30BNO3/c1-13-11-20(12-14(2)21-13)16-9-7-15(8-10-16)19-22-17(3,4)18(5,6)23-19/h7-9,13-14,16H,10-12H2,1-6H3/t13-,14+,16?. The van der Waals surface area contributed by atoms with Gasteiger partial charge in [0.1, 0.15) is 0 Å². The summed E-state index contributed by atoms with van der Waals surface area (Å²) in [7, 11) is -0.250. The van der Waals surface area contributed by atoms with Crippen LogP contribution in [0.25, 0.3) is 0 Å². The molecule has 0 spiro atoms. The monoisotopic (exact) mass is 319 g/mol. The van der Waals surface area contributed by atoms with Gasteiger partial charge in [-0.3, -0.25) is 4.90 Å². The van der Waals surface area contributed by atoms with E-state index in [9.17, 15) is 0 Å². The number of hydrogen-bond acceptors (Lipinski definition) is 4. The molecule has 23 heavy (non-hydrogen) atoms. The number of hydrogen-bond donors (Lipinski definition) is 0. The molecule has 0 aromatic carbocycles. The van der Waals surface area contributed by atoms with Crippen molar-refractivity contribution in [2.45, 2.75) is 77.4 Å². The molecule has 128 valence electrons. The van der Waals surface area contributed by atoms with Crippen LogP contribution in [0.2, 0.25) is 0 Å². The Bertz CT molecular complexity index is 488. The molecule has 2 saturated heterocycles. The third-order valence-corrected chi connectivity index (χ3v) is 5.55. The molecule has 0 bridgehead atoms. The molecule has 1 unspecified atom stereocenters. The normalized spacial score (nSPS) is 37.0. The van der Waals surface area contributed by atoms with E-state index < -0.39 is 0 Å². The van der Waals surface area contributed by atoms with Crippen molar-refractivity contribution in [2.75, 3.05) is 13.1 Å². The Morgan fingerprint density at radius 2 is 1.61 bits per heavy atom. The topological polar surface area (TPSA) is 30.9 Å². The van der Waals surface area contributed by atoms with E-state index in [0.29, 0.717) is 18.2 Å². The van der Waals surface area contributed by atoms with Gasteiger partial charge in [0.25, 0.3) is 0 Å². The Labute approximate surface area is 141 Å². The molecular formula is C18H30BNO3. The van der Waals surface area contributed by atoms with Gasteiger partial charge < -0.3 is 14.0 Å². The molecular weight excluding hydrogens is 289 g/mol. The zero-order valence-corrected chi connectivity index (χ0v) is 15.3. The Balaban J connectivity index is 1.63. The van der Waals surface area contributed by atoms with Crippen LogP contribution in [0.1, 0.15) is 48.0 Å². The summed E-state index contributed by atoms with van der Waals surface area (Å²) in [4.78, 5) is 2.52. The van der Waals surface area contributed by atoms with Gasteiger partial charge in [0.05, 0.1) is 23.4 Å². The van der Waals surface area contributed by atoms with E-state index >= 15 is 0 Å². The van der Waals surface area contributed by atoms with Gasteiger partial charge in [-0.1, -0.05) is 18.2 Å². The molecule has 3 atom stereocenters. The fourth-order valence-electron chi connectivity index (χ4n) is 3.54. The van der Waals surface area contributed by atoms with Gasteiger partial charge in [-0.05, 0) is 53.4 Å². The van der Waals surface area contributed by atoms with Crippen molar-refractivity contribution < 1.29 is 14.0 Å². The minimum atomic E-state index is -0.279. The van der Waals surface area contributed by atoms with Crippen molar-refractivity contribution in [2.24, 2.45) is 0 Å². The molecule has 0 radical (unpaired) electrons. The van der Waals surface area contributed by atoms with Crippen molar-refractivity contribution in [1.29, 1.82) is 0 Å². The Hall–Kier alpha value is -0.615. The molecule has 0 amide bonds. The molecule has 0 saturated carbocycles. The zero-order chi connectivity index (χ0) is 16.8. The third-order valence-electron chi connectivity index (χ3n) is 5.55. The molecule has 2 fully saturated rings. The highest BCUT2D eigenvalue weighted by atomic mass is 16.7. The first-order valence-electron chi connectivity index (χ1n) is 8.81. The minimum Gasteiger partial charge on any atom is -0.399 e. The third kappa shape index (κ3) is 3.43. The van der Waals surface area contributed by atoms with Crippen LogP contribution in [-0.4, -0.2) is 54.6 Å². The number of allylic oxidation sites excluding steroid dienone is 2. The molecule has 5 heteroatoms. The van der Waals surface area contributed by atoms with Crippen LogP contribution >= 0.6 is 0 Å². The maximum Gasteiger partial charge on any atom is 0.494 e. The van der Waals surface area contributed by atoms with Gasteiger partial charge in [0.2, 0.25) is 0 Å². The van der Waals surface area contributed by atoms with E-state index in [4.69, 9.17) is 14.0 Å². The molecule has 4 nitrogen and oxygen atoms in total. The van der Waals surface area contributed by atoms with Crippen molar-refractivity contribution >= 4 is 7.12 Å². The Morgan fingerprint density at radius 3 is 2.09 bits per heavy atom. The number of rotatable bonds is 2. The fourth-order valence-corrected chi connectivity index (χ4v) is 3.54. The first-order chi connectivity index (χ1) is 10.7. The Morgan fingerprint density at radius 1 is 1.04 bits per heavy atom. The van der Waals surface area contributed by atoms with Gasteiger partial charge in [-0.25, -0.2) is 0 Å². The van der Waals surface area contributed by atoms with E-state index in [1.807, 2.05) is 0 Å². The second-order valence-electron chi connectivity index (χ2n) is 8.17.